The lowest BCUT2D eigenvalue weighted by Gasteiger charge is -2.38. The first-order valence-electron chi connectivity index (χ1n) is 11.5. The molecule has 1 N–H and O–H groups in total. The minimum absolute atomic E-state index is 0.00260. The Morgan fingerprint density at radius 1 is 0.968 bits per heavy atom. The smallest absolute Gasteiger partial charge is 0.253 e. The molecule has 2 aliphatic rings. The fourth-order valence-corrected chi connectivity index (χ4v) is 4.51. The minimum Gasteiger partial charge on any atom is -0.344 e. The molecule has 0 aromatic heterocycles. The van der Waals surface area contributed by atoms with Crippen LogP contribution in [0.25, 0.3) is 0 Å². The summed E-state index contributed by atoms with van der Waals surface area (Å²) in [5, 5.41) is 3.02. The molecule has 1 aromatic carbocycles. The van der Waals surface area contributed by atoms with Crippen molar-refractivity contribution in [2.75, 3.05) is 26.2 Å². The lowest BCUT2D eigenvalue weighted by Crippen LogP contribution is -2.55. The third-order valence-electron chi connectivity index (χ3n) is 6.23. The first kappa shape index (κ1) is 23.2. The van der Waals surface area contributed by atoms with E-state index in [0.29, 0.717) is 37.9 Å². The second-order valence-electron chi connectivity index (χ2n) is 9.17. The van der Waals surface area contributed by atoms with Crippen molar-refractivity contribution in [3.05, 3.63) is 35.6 Å². The number of nitrogens with one attached hydrogen (secondary N) is 1. The Hall–Kier alpha value is -2.44. The van der Waals surface area contributed by atoms with E-state index in [4.69, 9.17) is 0 Å². The zero-order valence-corrected chi connectivity index (χ0v) is 18.6. The summed E-state index contributed by atoms with van der Waals surface area (Å²) in [4.78, 5) is 42.2. The standard InChI is InChI=1S/C24H34FN3O3/c1-17(2)16-21(29)26-22(24(31)27-12-4-3-5-13-27)18-10-14-28(15-11-18)23(30)19-6-8-20(25)9-7-19/h6-9,17-18,22H,3-5,10-16H2,1-2H3,(H,26,29)/t22-/m0/s1. The molecule has 2 fully saturated rings. The van der Waals surface area contributed by atoms with Gasteiger partial charge in [0.2, 0.25) is 11.8 Å². The molecule has 1 atom stereocenters. The molecule has 2 aliphatic heterocycles. The summed E-state index contributed by atoms with van der Waals surface area (Å²) < 4.78 is 13.1. The Bertz CT molecular complexity index is 767. The Kier molecular flexibility index (Phi) is 8.04. The average Bonchev–Trinajstić information content (AvgIpc) is 2.77. The highest BCUT2D eigenvalue weighted by atomic mass is 19.1. The zero-order chi connectivity index (χ0) is 22.4. The summed E-state index contributed by atoms with van der Waals surface area (Å²) in [5.41, 5.74) is 0.464. The van der Waals surface area contributed by atoms with Crippen molar-refractivity contribution >= 4 is 17.7 Å². The van der Waals surface area contributed by atoms with Gasteiger partial charge in [0.05, 0.1) is 0 Å². The maximum Gasteiger partial charge on any atom is 0.253 e. The highest BCUT2D eigenvalue weighted by molar-refractivity contribution is 5.94. The molecule has 2 saturated heterocycles. The van der Waals surface area contributed by atoms with E-state index < -0.39 is 6.04 Å². The maximum atomic E-state index is 13.3. The molecule has 0 saturated carbocycles. The molecule has 0 bridgehead atoms. The summed E-state index contributed by atoms with van der Waals surface area (Å²) in [6, 6.07) is 5.04. The Balaban J connectivity index is 1.65. The van der Waals surface area contributed by atoms with E-state index in [1.165, 1.54) is 24.3 Å². The lowest BCUT2D eigenvalue weighted by molar-refractivity contribution is -0.139. The summed E-state index contributed by atoms with van der Waals surface area (Å²) in [5.74, 6) is -0.341. The van der Waals surface area contributed by atoms with Gasteiger partial charge in [0.25, 0.3) is 5.91 Å². The zero-order valence-electron chi connectivity index (χ0n) is 18.6. The molecular weight excluding hydrogens is 397 g/mol. The van der Waals surface area contributed by atoms with Gasteiger partial charge in [0, 0.05) is 38.2 Å². The monoisotopic (exact) mass is 431 g/mol. The van der Waals surface area contributed by atoms with E-state index in [2.05, 4.69) is 5.32 Å². The van der Waals surface area contributed by atoms with Gasteiger partial charge in [0.1, 0.15) is 11.9 Å². The number of carbonyl (C=O) groups is 3. The number of hydrogen-bond donors (Lipinski definition) is 1. The Morgan fingerprint density at radius 3 is 2.16 bits per heavy atom. The van der Waals surface area contributed by atoms with Gasteiger partial charge in [-0.3, -0.25) is 14.4 Å². The highest BCUT2D eigenvalue weighted by Gasteiger charge is 2.36. The average molecular weight is 432 g/mol. The van der Waals surface area contributed by atoms with Crippen LogP contribution in [0.15, 0.2) is 24.3 Å². The van der Waals surface area contributed by atoms with Crippen molar-refractivity contribution in [3.63, 3.8) is 0 Å². The molecule has 0 radical (unpaired) electrons. The van der Waals surface area contributed by atoms with Crippen LogP contribution in [0.4, 0.5) is 4.39 Å². The van der Waals surface area contributed by atoms with Crippen LogP contribution < -0.4 is 5.32 Å². The van der Waals surface area contributed by atoms with Crippen LogP contribution in [0.1, 0.15) is 62.7 Å². The topological polar surface area (TPSA) is 69.7 Å². The van der Waals surface area contributed by atoms with Gasteiger partial charge in [-0.25, -0.2) is 4.39 Å². The third-order valence-corrected chi connectivity index (χ3v) is 6.23. The Labute approximate surface area is 184 Å². The summed E-state index contributed by atoms with van der Waals surface area (Å²) >= 11 is 0. The second kappa shape index (κ2) is 10.7. The lowest BCUT2D eigenvalue weighted by atomic mass is 9.87. The minimum atomic E-state index is -0.535. The molecule has 2 heterocycles. The second-order valence-corrected chi connectivity index (χ2v) is 9.17. The van der Waals surface area contributed by atoms with Crippen LogP contribution >= 0.6 is 0 Å². The Morgan fingerprint density at radius 2 is 1.58 bits per heavy atom. The highest BCUT2D eigenvalue weighted by Crippen LogP contribution is 2.25. The summed E-state index contributed by atoms with van der Waals surface area (Å²) in [6.07, 6.45) is 4.84. The number of halogens is 1. The van der Waals surface area contributed by atoms with Gasteiger partial charge >= 0.3 is 0 Å². The molecule has 3 amide bonds. The molecule has 0 spiro atoms. The van der Waals surface area contributed by atoms with Crippen molar-refractivity contribution < 1.29 is 18.8 Å². The molecular formula is C24H34FN3O3. The van der Waals surface area contributed by atoms with Crippen molar-refractivity contribution in [3.8, 4) is 0 Å². The maximum absolute atomic E-state index is 13.3. The van der Waals surface area contributed by atoms with Crippen molar-refractivity contribution in [2.24, 2.45) is 11.8 Å². The quantitative estimate of drug-likeness (QED) is 0.752. The van der Waals surface area contributed by atoms with Gasteiger partial charge in [-0.2, -0.15) is 0 Å². The third kappa shape index (κ3) is 6.28. The number of likely N-dealkylation sites (tertiary alicyclic amines) is 2. The summed E-state index contributed by atoms with van der Waals surface area (Å²) in [7, 11) is 0. The number of carbonyl (C=O) groups excluding carboxylic acids is 3. The number of piperidine rings is 2. The molecule has 31 heavy (non-hydrogen) atoms. The van der Waals surface area contributed by atoms with E-state index in [1.54, 1.807) is 4.90 Å². The van der Waals surface area contributed by atoms with E-state index >= 15 is 0 Å². The summed E-state index contributed by atoms with van der Waals surface area (Å²) in [6.45, 7) is 6.51. The van der Waals surface area contributed by atoms with Crippen LogP contribution in [0.3, 0.4) is 0 Å². The van der Waals surface area contributed by atoms with Gasteiger partial charge in [-0.15, -0.1) is 0 Å². The molecule has 1 aromatic rings. The van der Waals surface area contributed by atoms with Crippen LogP contribution in [-0.4, -0.2) is 59.7 Å². The van der Waals surface area contributed by atoms with Crippen molar-refractivity contribution in [1.29, 1.82) is 0 Å². The van der Waals surface area contributed by atoms with E-state index in [9.17, 15) is 18.8 Å². The molecule has 0 aliphatic carbocycles. The van der Waals surface area contributed by atoms with Crippen LogP contribution in [0.5, 0.6) is 0 Å². The van der Waals surface area contributed by atoms with E-state index in [-0.39, 0.29) is 35.4 Å². The number of nitrogens with zero attached hydrogens (tertiary/aromatic N) is 2. The molecule has 0 unspecified atom stereocenters. The van der Waals surface area contributed by atoms with Gasteiger partial charge < -0.3 is 15.1 Å². The van der Waals surface area contributed by atoms with Gasteiger partial charge in [0.15, 0.2) is 0 Å². The predicted octanol–water partition coefficient (Wildman–Crippen LogP) is 3.22. The molecule has 3 rings (SSSR count). The number of amides is 3. The van der Waals surface area contributed by atoms with Gasteiger partial charge in [-0.05, 0) is 68.2 Å². The van der Waals surface area contributed by atoms with Crippen molar-refractivity contribution in [2.45, 2.75) is 58.4 Å². The SMILES string of the molecule is CC(C)CC(=O)N[C@H](C(=O)N1CCCCC1)C1CCN(C(=O)c2ccc(F)cc2)CC1. The fraction of sp³-hybridized carbons (Fsp3) is 0.625. The first-order chi connectivity index (χ1) is 14.8. The van der Waals surface area contributed by atoms with Crippen LogP contribution in [0, 0.1) is 17.7 Å². The number of rotatable bonds is 6. The van der Waals surface area contributed by atoms with Crippen LogP contribution in [0.2, 0.25) is 0 Å². The van der Waals surface area contributed by atoms with Gasteiger partial charge in [-0.1, -0.05) is 13.8 Å². The predicted molar refractivity (Wildman–Crippen MR) is 117 cm³/mol. The normalized spacial score (nSPS) is 18.7. The number of benzene rings is 1. The molecule has 7 heteroatoms. The van der Waals surface area contributed by atoms with Crippen LogP contribution in [-0.2, 0) is 9.59 Å². The van der Waals surface area contributed by atoms with E-state index in [1.807, 2.05) is 18.7 Å². The first-order valence-corrected chi connectivity index (χ1v) is 11.5. The largest absolute Gasteiger partial charge is 0.344 e. The van der Waals surface area contributed by atoms with Crippen molar-refractivity contribution in [1.82, 2.24) is 15.1 Å². The molecule has 6 nitrogen and oxygen atoms in total. The van der Waals surface area contributed by atoms with E-state index in [0.717, 1.165) is 32.4 Å². The fourth-order valence-electron chi connectivity index (χ4n) is 4.51. The molecule has 170 valence electrons. The number of hydrogen-bond acceptors (Lipinski definition) is 3.